The summed E-state index contributed by atoms with van der Waals surface area (Å²) in [6.45, 7) is 5.49. The predicted molar refractivity (Wildman–Crippen MR) is 66.6 cm³/mol. The van der Waals surface area contributed by atoms with Crippen molar-refractivity contribution in [1.29, 1.82) is 0 Å². The molecule has 1 aromatic rings. The molecule has 5 heteroatoms. The molecule has 0 aliphatic carbocycles. The summed E-state index contributed by atoms with van der Waals surface area (Å²) in [6, 6.07) is 2.14. The van der Waals surface area contributed by atoms with Crippen molar-refractivity contribution < 1.29 is 18.6 Å². The second-order valence-electron chi connectivity index (χ2n) is 5.22. The normalized spacial score (nSPS) is 15.6. The van der Waals surface area contributed by atoms with Gasteiger partial charge in [-0.1, -0.05) is 32.4 Å². The van der Waals surface area contributed by atoms with Gasteiger partial charge < -0.3 is 9.84 Å². The Labute approximate surface area is 111 Å². The van der Waals surface area contributed by atoms with Crippen molar-refractivity contribution in [2.75, 3.05) is 7.11 Å². The quantitative estimate of drug-likeness (QED) is 0.854. The second-order valence-corrected chi connectivity index (χ2v) is 5.63. The van der Waals surface area contributed by atoms with Crippen molar-refractivity contribution in [3.8, 4) is 0 Å². The lowest BCUT2D eigenvalue weighted by atomic mass is 9.83. The van der Waals surface area contributed by atoms with Crippen molar-refractivity contribution in [3.05, 3.63) is 34.4 Å². The first-order chi connectivity index (χ1) is 8.20. The smallest absolute Gasteiger partial charge is 0.166 e. The molecule has 2 atom stereocenters. The van der Waals surface area contributed by atoms with Gasteiger partial charge in [0.15, 0.2) is 11.6 Å². The Morgan fingerprint density at radius 2 is 1.83 bits per heavy atom. The number of hydrogen-bond donors (Lipinski definition) is 1. The molecule has 1 aromatic carbocycles. The van der Waals surface area contributed by atoms with E-state index in [1.807, 2.05) is 20.8 Å². The fourth-order valence-corrected chi connectivity index (χ4v) is 2.18. The summed E-state index contributed by atoms with van der Waals surface area (Å²) >= 11 is 5.83. The highest BCUT2D eigenvalue weighted by atomic mass is 35.5. The van der Waals surface area contributed by atoms with Crippen LogP contribution in [0.5, 0.6) is 0 Å². The Morgan fingerprint density at radius 1 is 1.28 bits per heavy atom. The van der Waals surface area contributed by atoms with E-state index < -0.39 is 29.3 Å². The maximum atomic E-state index is 13.7. The molecule has 1 rings (SSSR count). The third kappa shape index (κ3) is 2.99. The first-order valence-electron chi connectivity index (χ1n) is 5.54. The molecule has 102 valence electrons. The van der Waals surface area contributed by atoms with E-state index in [-0.39, 0.29) is 10.6 Å². The first kappa shape index (κ1) is 15.3. The van der Waals surface area contributed by atoms with E-state index >= 15 is 0 Å². The van der Waals surface area contributed by atoms with E-state index in [0.717, 1.165) is 6.07 Å². The van der Waals surface area contributed by atoms with E-state index in [2.05, 4.69) is 0 Å². The molecular weight excluding hydrogens is 262 g/mol. The number of methoxy groups -OCH3 is 1. The molecule has 0 bridgehead atoms. The van der Waals surface area contributed by atoms with Crippen LogP contribution in [0.2, 0.25) is 5.02 Å². The van der Waals surface area contributed by atoms with E-state index in [1.165, 1.54) is 13.2 Å². The van der Waals surface area contributed by atoms with Crippen LogP contribution in [0.25, 0.3) is 0 Å². The standard InChI is InChI=1S/C13H17ClF2O2/c1-13(2,3)12(18-4)11(17)9-7(14)5-6-8(15)10(9)16/h5-6,11-12,17H,1-4H3. The van der Waals surface area contributed by atoms with Crippen LogP contribution in [0.1, 0.15) is 32.4 Å². The molecule has 18 heavy (non-hydrogen) atoms. The second kappa shape index (κ2) is 5.51. The molecule has 0 amide bonds. The topological polar surface area (TPSA) is 29.5 Å². The summed E-state index contributed by atoms with van der Waals surface area (Å²) in [6.07, 6.45) is -2.04. The molecule has 0 aromatic heterocycles. The zero-order valence-electron chi connectivity index (χ0n) is 10.8. The fraction of sp³-hybridized carbons (Fsp3) is 0.538. The highest BCUT2D eigenvalue weighted by Gasteiger charge is 2.35. The minimum Gasteiger partial charge on any atom is -0.385 e. The molecule has 0 fully saturated rings. The minimum atomic E-state index is -1.33. The molecule has 0 saturated heterocycles. The molecule has 0 saturated carbocycles. The predicted octanol–water partition coefficient (Wildman–Crippen LogP) is 3.71. The molecule has 1 N–H and O–H groups in total. The van der Waals surface area contributed by atoms with E-state index in [1.54, 1.807) is 0 Å². The summed E-state index contributed by atoms with van der Waals surface area (Å²) in [4.78, 5) is 0. The minimum absolute atomic E-state index is 0.0206. The maximum absolute atomic E-state index is 13.7. The van der Waals surface area contributed by atoms with Crippen LogP contribution in [-0.2, 0) is 4.74 Å². The lowest BCUT2D eigenvalue weighted by molar-refractivity contribution is -0.0736. The van der Waals surface area contributed by atoms with Gasteiger partial charge in [0.05, 0.1) is 6.10 Å². The average molecular weight is 279 g/mol. The van der Waals surface area contributed by atoms with Crippen LogP contribution in [0.15, 0.2) is 12.1 Å². The van der Waals surface area contributed by atoms with Crippen molar-refractivity contribution in [1.82, 2.24) is 0 Å². The third-order valence-electron chi connectivity index (χ3n) is 2.77. The summed E-state index contributed by atoms with van der Waals surface area (Å²) in [5.74, 6) is -2.18. The Hall–Kier alpha value is -0.710. The molecule has 2 nitrogen and oxygen atoms in total. The monoisotopic (exact) mass is 278 g/mol. The molecule has 0 radical (unpaired) electrons. The van der Waals surface area contributed by atoms with Crippen molar-refractivity contribution in [2.24, 2.45) is 5.41 Å². The number of hydrogen-bond acceptors (Lipinski definition) is 2. The highest BCUT2D eigenvalue weighted by molar-refractivity contribution is 6.31. The molecular formula is C13H17ClF2O2. The lowest BCUT2D eigenvalue weighted by Crippen LogP contribution is -2.35. The Bertz CT molecular complexity index is 430. The largest absolute Gasteiger partial charge is 0.385 e. The average Bonchev–Trinajstić information content (AvgIpc) is 2.23. The molecule has 0 aliphatic rings. The van der Waals surface area contributed by atoms with E-state index in [9.17, 15) is 13.9 Å². The van der Waals surface area contributed by atoms with Crippen LogP contribution in [-0.4, -0.2) is 18.3 Å². The van der Waals surface area contributed by atoms with E-state index in [4.69, 9.17) is 16.3 Å². The summed E-state index contributed by atoms with van der Waals surface area (Å²) in [7, 11) is 1.41. The Balaban J connectivity index is 3.25. The van der Waals surface area contributed by atoms with Gasteiger partial charge in [-0.25, -0.2) is 8.78 Å². The van der Waals surface area contributed by atoms with Gasteiger partial charge in [-0.05, 0) is 17.5 Å². The van der Waals surface area contributed by atoms with Gasteiger partial charge in [-0.3, -0.25) is 0 Å². The van der Waals surface area contributed by atoms with Gasteiger partial charge in [0, 0.05) is 17.7 Å². The Kier molecular flexibility index (Phi) is 4.70. The van der Waals surface area contributed by atoms with Crippen LogP contribution in [0.3, 0.4) is 0 Å². The zero-order chi connectivity index (χ0) is 14.1. The summed E-state index contributed by atoms with van der Waals surface area (Å²) < 4.78 is 32.1. The van der Waals surface area contributed by atoms with Gasteiger partial charge in [0.25, 0.3) is 0 Å². The van der Waals surface area contributed by atoms with Crippen LogP contribution in [0, 0.1) is 17.0 Å². The number of ether oxygens (including phenoxy) is 1. The van der Waals surface area contributed by atoms with Crippen LogP contribution < -0.4 is 0 Å². The van der Waals surface area contributed by atoms with Gasteiger partial charge in [-0.15, -0.1) is 0 Å². The molecule has 0 aliphatic heterocycles. The highest BCUT2D eigenvalue weighted by Crippen LogP contribution is 2.37. The van der Waals surface area contributed by atoms with Crippen LogP contribution in [0.4, 0.5) is 8.78 Å². The van der Waals surface area contributed by atoms with Gasteiger partial charge in [0.1, 0.15) is 6.10 Å². The molecule has 2 unspecified atom stereocenters. The zero-order valence-corrected chi connectivity index (χ0v) is 11.6. The number of aliphatic hydroxyl groups excluding tert-OH is 1. The van der Waals surface area contributed by atoms with Crippen molar-refractivity contribution in [2.45, 2.75) is 33.0 Å². The maximum Gasteiger partial charge on any atom is 0.166 e. The van der Waals surface area contributed by atoms with Gasteiger partial charge in [-0.2, -0.15) is 0 Å². The fourth-order valence-electron chi connectivity index (χ4n) is 1.92. The molecule has 0 heterocycles. The molecule has 0 spiro atoms. The first-order valence-corrected chi connectivity index (χ1v) is 5.92. The Morgan fingerprint density at radius 3 is 2.28 bits per heavy atom. The van der Waals surface area contributed by atoms with Gasteiger partial charge >= 0.3 is 0 Å². The number of rotatable bonds is 3. The third-order valence-corrected chi connectivity index (χ3v) is 3.10. The van der Waals surface area contributed by atoms with Crippen molar-refractivity contribution in [3.63, 3.8) is 0 Å². The number of halogens is 3. The SMILES string of the molecule is COC(C(O)c1c(Cl)ccc(F)c1F)C(C)(C)C. The lowest BCUT2D eigenvalue weighted by Gasteiger charge is -2.33. The summed E-state index contributed by atoms with van der Waals surface area (Å²) in [5, 5.41) is 10.2. The van der Waals surface area contributed by atoms with E-state index in [0.29, 0.717) is 0 Å². The van der Waals surface area contributed by atoms with Gasteiger partial charge in [0.2, 0.25) is 0 Å². The van der Waals surface area contributed by atoms with Crippen molar-refractivity contribution >= 4 is 11.6 Å². The summed E-state index contributed by atoms with van der Waals surface area (Å²) in [5.41, 5.74) is -0.713. The van der Waals surface area contributed by atoms with Crippen LogP contribution >= 0.6 is 11.6 Å². The number of aliphatic hydroxyl groups is 1. The number of benzene rings is 1.